The lowest BCUT2D eigenvalue weighted by molar-refractivity contribution is 0.165. The van der Waals surface area contributed by atoms with E-state index in [1.807, 2.05) is 0 Å². The second-order valence-electron chi connectivity index (χ2n) is 4.95. The van der Waals surface area contributed by atoms with Gasteiger partial charge in [-0.15, -0.1) is 0 Å². The van der Waals surface area contributed by atoms with Crippen LogP contribution in [0.2, 0.25) is 0 Å². The highest BCUT2D eigenvalue weighted by molar-refractivity contribution is 14.1. The number of benzene rings is 2. The molecule has 100 valence electrons. The smallest absolute Gasteiger partial charge is 0.0583 e. The van der Waals surface area contributed by atoms with Crippen LogP contribution in [-0.4, -0.2) is 11.2 Å². The molecule has 0 saturated heterocycles. The zero-order chi connectivity index (χ0) is 13.7. The topological polar surface area (TPSA) is 20.2 Å². The van der Waals surface area contributed by atoms with Crippen molar-refractivity contribution in [2.45, 2.75) is 32.3 Å². The Morgan fingerprint density at radius 1 is 1.05 bits per heavy atom. The third-order valence-corrected chi connectivity index (χ3v) is 4.11. The van der Waals surface area contributed by atoms with Crippen molar-refractivity contribution in [2.24, 2.45) is 0 Å². The van der Waals surface area contributed by atoms with Gasteiger partial charge in [-0.3, -0.25) is 0 Å². The fraction of sp³-hybridized carbons (Fsp3) is 0.294. The third-order valence-electron chi connectivity index (χ3n) is 3.39. The van der Waals surface area contributed by atoms with Crippen LogP contribution in [0, 0.1) is 10.5 Å². The quantitative estimate of drug-likeness (QED) is 0.789. The van der Waals surface area contributed by atoms with Crippen LogP contribution in [0.4, 0.5) is 0 Å². The average Bonchev–Trinajstić information content (AvgIpc) is 2.40. The summed E-state index contributed by atoms with van der Waals surface area (Å²) in [7, 11) is 0. The van der Waals surface area contributed by atoms with Crippen molar-refractivity contribution in [3.63, 3.8) is 0 Å². The molecule has 0 amide bonds. The molecule has 0 spiro atoms. The minimum absolute atomic E-state index is 0.264. The first-order chi connectivity index (χ1) is 9.15. The molecule has 1 N–H and O–H groups in total. The number of rotatable bonds is 5. The molecule has 2 rings (SSSR count). The first-order valence-corrected chi connectivity index (χ1v) is 7.70. The van der Waals surface area contributed by atoms with Gasteiger partial charge in [-0.05, 0) is 77.6 Å². The summed E-state index contributed by atoms with van der Waals surface area (Å²) in [5.41, 5.74) is 3.85. The van der Waals surface area contributed by atoms with Crippen LogP contribution in [0.5, 0.6) is 0 Å². The molecule has 1 atom stereocenters. The Morgan fingerprint density at radius 2 is 1.74 bits per heavy atom. The van der Waals surface area contributed by atoms with Crippen molar-refractivity contribution >= 4 is 22.6 Å². The van der Waals surface area contributed by atoms with Crippen LogP contribution in [0.25, 0.3) is 0 Å². The number of aliphatic hydroxyl groups excluding tert-OH is 1. The molecule has 0 aromatic heterocycles. The highest BCUT2D eigenvalue weighted by atomic mass is 127. The van der Waals surface area contributed by atoms with Gasteiger partial charge < -0.3 is 5.11 Å². The van der Waals surface area contributed by atoms with Gasteiger partial charge in [-0.1, -0.05) is 36.4 Å². The normalized spacial score (nSPS) is 12.4. The number of hydrogen-bond acceptors (Lipinski definition) is 1. The van der Waals surface area contributed by atoms with Crippen LogP contribution in [0.3, 0.4) is 0 Å². The molecule has 2 heteroatoms. The van der Waals surface area contributed by atoms with Crippen LogP contribution in [0.1, 0.15) is 23.1 Å². The molecule has 0 bridgehead atoms. The molecule has 0 aliphatic rings. The standard InChI is InChI=1S/C17H19IO/c1-13-4-2-3-5-15(13)8-11-17(19)12-14-6-9-16(18)10-7-14/h2-7,9-10,17,19H,8,11-12H2,1H3. The first-order valence-electron chi connectivity index (χ1n) is 6.62. The fourth-order valence-electron chi connectivity index (χ4n) is 2.21. The molecule has 19 heavy (non-hydrogen) atoms. The van der Waals surface area contributed by atoms with E-state index >= 15 is 0 Å². The first kappa shape index (κ1) is 14.5. The van der Waals surface area contributed by atoms with E-state index in [2.05, 4.69) is 78.0 Å². The molecule has 0 aliphatic heterocycles. The Balaban J connectivity index is 1.86. The van der Waals surface area contributed by atoms with Gasteiger partial charge >= 0.3 is 0 Å². The van der Waals surface area contributed by atoms with Crippen LogP contribution < -0.4 is 0 Å². The lowest BCUT2D eigenvalue weighted by Crippen LogP contribution is -2.12. The van der Waals surface area contributed by atoms with Crippen molar-refractivity contribution < 1.29 is 5.11 Å². The summed E-state index contributed by atoms with van der Waals surface area (Å²) in [4.78, 5) is 0. The number of aryl methyl sites for hydroxylation is 2. The summed E-state index contributed by atoms with van der Waals surface area (Å²) in [6, 6.07) is 16.8. The number of aliphatic hydroxyl groups is 1. The third kappa shape index (κ3) is 4.62. The maximum Gasteiger partial charge on any atom is 0.0583 e. The lowest BCUT2D eigenvalue weighted by atomic mass is 9.99. The summed E-state index contributed by atoms with van der Waals surface area (Å²) in [5, 5.41) is 10.1. The van der Waals surface area contributed by atoms with Crippen molar-refractivity contribution in [1.29, 1.82) is 0 Å². The van der Waals surface area contributed by atoms with E-state index in [-0.39, 0.29) is 6.10 Å². The Bertz CT molecular complexity index is 519. The van der Waals surface area contributed by atoms with Gasteiger partial charge in [0, 0.05) is 3.57 Å². The minimum atomic E-state index is -0.264. The number of halogens is 1. The predicted molar refractivity (Wildman–Crippen MR) is 88.4 cm³/mol. The molecule has 2 aromatic rings. The highest BCUT2D eigenvalue weighted by Crippen LogP contribution is 2.14. The second kappa shape index (κ2) is 7.06. The average molecular weight is 366 g/mol. The molecule has 0 radical (unpaired) electrons. The van der Waals surface area contributed by atoms with E-state index in [1.165, 1.54) is 20.3 Å². The maximum atomic E-state index is 10.1. The molecule has 0 saturated carbocycles. The van der Waals surface area contributed by atoms with Crippen LogP contribution >= 0.6 is 22.6 Å². The summed E-state index contributed by atoms with van der Waals surface area (Å²) in [5.74, 6) is 0. The van der Waals surface area contributed by atoms with E-state index in [9.17, 15) is 5.11 Å². The second-order valence-corrected chi connectivity index (χ2v) is 6.20. The van der Waals surface area contributed by atoms with Gasteiger partial charge in [0.2, 0.25) is 0 Å². The van der Waals surface area contributed by atoms with Gasteiger partial charge in [0.25, 0.3) is 0 Å². The zero-order valence-electron chi connectivity index (χ0n) is 11.1. The van der Waals surface area contributed by atoms with Gasteiger partial charge in [0.15, 0.2) is 0 Å². The van der Waals surface area contributed by atoms with E-state index in [1.54, 1.807) is 0 Å². The van der Waals surface area contributed by atoms with Gasteiger partial charge in [-0.2, -0.15) is 0 Å². The highest BCUT2D eigenvalue weighted by Gasteiger charge is 2.07. The monoisotopic (exact) mass is 366 g/mol. The summed E-state index contributed by atoms with van der Waals surface area (Å²) in [6.45, 7) is 2.13. The Labute approximate surface area is 128 Å². The molecule has 1 nitrogen and oxygen atoms in total. The Morgan fingerprint density at radius 3 is 2.42 bits per heavy atom. The fourth-order valence-corrected chi connectivity index (χ4v) is 2.57. The maximum absolute atomic E-state index is 10.1. The van der Waals surface area contributed by atoms with E-state index in [0.29, 0.717) is 0 Å². The van der Waals surface area contributed by atoms with Gasteiger partial charge in [-0.25, -0.2) is 0 Å². The molecular formula is C17H19IO. The van der Waals surface area contributed by atoms with E-state index < -0.39 is 0 Å². The largest absolute Gasteiger partial charge is 0.393 e. The van der Waals surface area contributed by atoms with Crippen molar-refractivity contribution in [2.75, 3.05) is 0 Å². The van der Waals surface area contributed by atoms with E-state index in [4.69, 9.17) is 0 Å². The molecule has 1 unspecified atom stereocenters. The molecule has 0 aliphatic carbocycles. The van der Waals surface area contributed by atoms with Crippen molar-refractivity contribution in [3.8, 4) is 0 Å². The molecule has 0 fully saturated rings. The Hall–Kier alpha value is -0.870. The van der Waals surface area contributed by atoms with Crippen molar-refractivity contribution in [1.82, 2.24) is 0 Å². The zero-order valence-corrected chi connectivity index (χ0v) is 13.3. The lowest BCUT2D eigenvalue weighted by Gasteiger charge is -2.12. The van der Waals surface area contributed by atoms with Gasteiger partial charge in [0.05, 0.1) is 6.10 Å². The molecule has 0 heterocycles. The van der Waals surface area contributed by atoms with Crippen LogP contribution in [0.15, 0.2) is 48.5 Å². The molecule has 2 aromatic carbocycles. The SMILES string of the molecule is Cc1ccccc1CCC(O)Cc1ccc(I)cc1. The summed E-state index contributed by atoms with van der Waals surface area (Å²) < 4.78 is 1.23. The molecular weight excluding hydrogens is 347 g/mol. The van der Waals surface area contributed by atoms with Crippen LogP contribution in [-0.2, 0) is 12.8 Å². The minimum Gasteiger partial charge on any atom is -0.393 e. The van der Waals surface area contributed by atoms with E-state index in [0.717, 1.165) is 19.3 Å². The van der Waals surface area contributed by atoms with Crippen molar-refractivity contribution in [3.05, 3.63) is 68.8 Å². The summed E-state index contributed by atoms with van der Waals surface area (Å²) in [6.07, 6.45) is 2.23. The number of hydrogen-bond donors (Lipinski definition) is 1. The predicted octanol–water partition coefficient (Wildman–Crippen LogP) is 4.14. The summed E-state index contributed by atoms with van der Waals surface area (Å²) >= 11 is 2.30. The Kier molecular flexibility index (Phi) is 5.40. The van der Waals surface area contributed by atoms with Gasteiger partial charge in [0.1, 0.15) is 0 Å².